The predicted octanol–water partition coefficient (Wildman–Crippen LogP) is 4.82. The van der Waals surface area contributed by atoms with Crippen LogP contribution in [0.3, 0.4) is 0 Å². The zero-order chi connectivity index (χ0) is 24.3. The second-order valence-electron chi connectivity index (χ2n) is 7.64. The van der Waals surface area contributed by atoms with Crippen LogP contribution < -0.4 is 15.0 Å². The Balaban J connectivity index is 1.57. The Morgan fingerprint density at radius 3 is 2.71 bits per heavy atom. The second kappa shape index (κ2) is 10.3. The van der Waals surface area contributed by atoms with Gasteiger partial charge in [-0.1, -0.05) is 0 Å². The largest absolute Gasteiger partial charge is 0.487 e. The maximum absolute atomic E-state index is 12.9. The number of nitrogens with zero attached hydrogens (tertiary/aromatic N) is 5. The molecule has 1 fully saturated rings. The molecule has 1 aliphatic rings. The summed E-state index contributed by atoms with van der Waals surface area (Å²) >= 11 is 7.06. The number of anilines is 2. The summed E-state index contributed by atoms with van der Waals surface area (Å²) in [6.45, 7) is 1.64. The van der Waals surface area contributed by atoms with Crippen LogP contribution in [0.4, 0.5) is 20.3 Å². The summed E-state index contributed by atoms with van der Waals surface area (Å²) < 4.78 is 32.0. The van der Waals surface area contributed by atoms with Gasteiger partial charge < -0.3 is 15.0 Å². The molecule has 3 aromatic rings. The van der Waals surface area contributed by atoms with Gasteiger partial charge >= 0.3 is 5.57 Å². The molecule has 1 atom stereocenters. The average Bonchev–Trinajstić information content (AvgIpc) is 3.30. The summed E-state index contributed by atoms with van der Waals surface area (Å²) in [4.78, 5) is 19.7. The molecule has 2 aromatic heterocycles. The Hall–Kier alpha value is -2.64. The molecule has 12 heteroatoms. The highest BCUT2D eigenvalue weighted by Crippen LogP contribution is 2.32. The van der Waals surface area contributed by atoms with Gasteiger partial charge in [0, 0.05) is 77.2 Å². The molecule has 0 radical (unpaired) electrons. The van der Waals surface area contributed by atoms with Crippen molar-refractivity contribution >= 4 is 51.9 Å². The van der Waals surface area contributed by atoms with Crippen molar-refractivity contribution in [2.24, 2.45) is 0 Å². The lowest BCUT2D eigenvalue weighted by atomic mass is 10.1. The highest BCUT2D eigenvalue weighted by molar-refractivity contribution is 14.1. The fraction of sp³-hybridized carbons (Fsp3) is 0.273. The first-order chi connectivity index (χ1) is 16.2. The lowest BCUT2D eigenvalue weighted by Crippen LogP contribution is -2.29. The topological polar surface area (TPSA) is 83.5 Å². The van der Waals surface area contributed by atoms with Gasteiger partial charge in [0.15, 0.2) is 0 Å². The molecule has 0 bridgehead atoms. The lowest BCUT2D eigenvalue weighted by Gasteiger charge is -2.22. The summed E-state index contributed by atoms with van der Waals surface area (Å²) in [6.07, 6.45) is 4.09. The number of halogens is 4. The van der Waals surface area contributed by atoms with Crippen LogP contribution >= 0.6 is 34.5 Å². The quantitative estimate of drug-likeness (QED) is 0.237. The predicted molar refractivity (Wildman–Crippen MR) is 133 cm³/mol. The van der Waals surface area contributed by atoms with Crippen LogP contribution in [0.25, 0.3) is 11.3 Å². The monoisotopic (exact) mass is 600 g/mol. The van der Waals surface area contributed by atoms with Gasteiger partial charge in [-0.25, -0.2) is 8.10 Å². The third kappa shape index (κ3) is 6.07. The lowest BCUT2D eigenvalue weighted by molar-refractivity contribution is -0.0964. The van der Waals surface area contributed by atoms with E-state index < -0.39 is 11.5 Å². The van der Waals surface area contributed by atoms with E-state index in [1.54, 1.807) is 18.3 Å². The maximum atomic E-state index is 12.9. The van der Waals surface area contributed by atoms with Crippen molar-refractivity contribution < 1.29 is 18.3 Å². The highest BCUT2D eigenvalue weighted by Gasteiger charge is 2.29. The van der Waals surface area contributed by atoms with Crippen molar-refractivity contribution in [3.8, 4) is 17.0 Å². The van der Waals surface area contributed by atoms with Crippen molar-refractivity contribution in [1.29, 1.82) is 0 Å². The molecule has 0 spiro atoms. The van der Waals surface area contributed by atoms with Crippen molar-refractivity contribution in [2.75, 3.05) is 30.4 Å². The molecule has 34 heavy (non-hydrogen) atoms. The molecule has 1 saturated heterocycles. The summed E-state index contributed by atoms with van der Waals surface area (Å²) in [5.41, 5.74) is -1.79. The number of pyridine rings is 1. The first kappa shape index (κ1) is 24.5. The third-order valence-corrected chi connectivity index (χ3v) is 6.15. The number of alkyl halides is 3. The second-order valence-corrected chi connectivity index (χ2v) is 9.61. The number of rotatable bonds is 7. The summed E-state index contributed by atoms with van der Waals surface area (Å²) in [5.74, 6) is 0.197. The molecular weight excluding hydrogens is 581 g/mol. The van der Waals surface area contributed by atoms with Gasteiger partial charge in [-0.3, -0.25) is 4.79 Å². The molecule has 1 aromatic carbocycles. The standard InChI is InChI=1S/C22H20ClF2IN6O2/c1-31(26)16-8-10-32(13-16)20-18(19-3-2-9-28-30-19)11-14(12-27-20)21(33)29-15-4-6-17(7-5-15)34-22(23,24)25/h2-7,9,11-12,16H,8,10,13H2,1H3,(H,29,33)/t16-/m1/s1. The number of likely N-dealkylation sites (N-methyl/N-ethyl adjacent to an activating group) is 1. The molecule has 1 aliphatic heterocycles. The van der Waals surface area contributed by atoms with Crippen molar-refractivity contribution in [1.82, 2.24) is 18.3 Å². The molecule has 0 unspecified atom stereocenters. The Kier molecular flexibility index (Phi) is 7.43. The Morgan fingerprint density at radius 2 is 2.09 bits per heavy atom. The van der Waals surface area contributed by atoms with Gasteiger partial charge in [-0.05, 0) is 55.9 Å². The maximum Gasteiger partial charge on any atom is 0.487 e. The van der Waals surface area contributed by atoms with Crippen LogP contribution in [-0.2, 0) is 0 Å². The summed E-state index contributed by atoms with van der Waals surface area (Å²) in [7, 11) is 2.04. The minimum absolute atomic E-state index is 0.130. The zero-order valence-corrected chi connectivity index (χ0v) is 20.9. The van der Waals surface area contributed by atoms with Gasteiger partial charge in [0.2, 0.25) is 0 Å². The first-order valence-corrected chi connectivity index (χ1v) is 11.6. The molecule has 178 valence electrons. The fourth-order valence-electron chi connectivity index (χ4n) is 3.64. The molecule has 3 heterocycles. The number of amides is 1. The molecule has 4 rings (SSSR count). The van der Waals surface area contributed by atoms with Crippen LogP contribution in [0.1, 0.15) is 16.8 Å². The van der Waals surface area contributed by atoms with E-state index >= 15 is 0 Å². The summed E-state index contributed by atoms with van der Waals surface area (Å²) in [5, 5.41) is 10.9. The SMILES string of the molecule is CN(I)[C@@H]1CCN(c2ncc(C(=O)Nc3ccc(OC(F)(F)Cl)cc3)cc2-c2cccnn2)C1. The number of carbonyl (C=O) groups is 1. The molecule has 0 aliphatic carbocycles. The van der Waals surface area contributed by atoms with E-state index in [1.807, 2.05) is 13.1 Å². The minimum atomic E-state index is -3.81. The van der Waals surface area contributed by atoms with Gasteiger partial charge in [0.05, 0.1) is 11.3 Å². The number of benzene rings is 1. The normalized spacial score (nSPS) is 16.1. The number of ether oxygens (including phenoxy) is 1. The number of hydrogen-bond donors (Lipinski definition) is 1. The van der Waals surface area contributed by atoms with E-state index in [4.69, 9.17) is 11.6 Å². The third-order valence-electron chi connectivity index (χ3n) is 5.29. The molecule has 0 saturated carbocycles. The summed E-state index contributed by atoms with van der Waals surface area (Å²) in [6, 6.07) is 11.2. The first-order valence-electron chi connectivity index (χ1n) is 10.3. The average molecular weight is 601 g/mol. The van der Waals surface area contributed by atoms with Crippen LogP contribution in [0.2, 0.25) is 0 Å². The van der Waals surface area contributed by atoms with E-state index in [2.05, 4.69) is 56.1 Å². The van der Waals surface area contributed by atoms with E-state index in [9.17, 15) is 13.6 Å². The van der Waals surface area contributed by atoms with Gasteiger partial charge in [0.25, 0.3) is 5.91 Å². The molecule has 1 N–H and O–H groups in total. The number of carbonyl (C=O) groups excluding carboxylic acids is 1. The molecule has 8 nitrogen and oxygen atoms in total. The van der Waals surface area contributed by atoms with Crippen LogP contribution in [0.5, 0.6) is 5.75 Å². The van der Waals surface area contributed by atoms with Gasteiger partial charge in [-0.2, -0.15) is 10.2 Å². The number of hydrogen-bond acceptors (Lipinski definition) is 7. The van der Waals surface area contributed by atoms with E-state index in [0.29, 0.717) is 28.6 Å². The molecule has 1 amide bonds. The van der Waals surface area contributed by atoms with E-state index in [-0.39, 0.29) is 5.75 Å². The van der Waals surface area contributed by atoms with Gasteiger partial charge in [-0.15, -0.1) is 8.78 Å². The smallest absolute Gasteiger partial charge is 0.420 e. The van der Waals surface area contributed by atoms with Crippen molar-refractivity contribution in [2.45, 2.75) is 18.0 Å². The zero-order valence-electron chi connectivity index (χ0n) is 18.0. The van der Waals surface area contributed by atoms with Crippen molar-refractivity contribution in [3.63, 3.8) is 0 Å². The Morgan fingerprint density at radius 1 is 1.32 bits per heavy atom. The minimum Gasteiger partial charge on any atom is -0.420 e. The Bertz CT molecular complexity index is 1150. The molecular formula is C22H20ClF2IN6O2. The van der Waals surface area contributed by atoms with E-state index in [1.165, 1.54) is 30.5 Å². The fourth-order valence-corrected chi connectivity index (χ4v) is 4.18. The van der Waals surface area contributed by atoms with Crippen LogP contribution in [-0.4, -0.2) is 55.9 Å². The van der Waals surface area contributed by atoms with E-state index in [0.717, 1.165) is 25.3 Å². The van der Waals surface area contributed by atoms with Crippen molar-refractivity contribution in [3.05, 3.63) is 60.4 Å². The van der Waals surface area contributed by atoms with Crippen LogP contribution in [0.15, 0.2) is 54.9 Å². The number of nitrogens with one attached hydrogen (secondary N) is 1. The van der Waals surface area contributed by atoms with Gasteiger partial charge in [0.1, 0.15) is 11.6 Å². The highest BCUT2D eigenvalue weighted by atomic mass is 127. The Labute approximate surface area is 213 Å². The number of aromatic nitrogens is 3. The van der Waals surface area contributed by atoms with Crippen LogP contribution in [0, 0.1) is 0 Å².